The monoisotopic (exact) mass is 364 g/mol. The summed E-state index contributed by atoms with van der Waals surface area (Å²) in [6.45, 7) is -0.203. The Morgan fingerprint density at radius 2 is 2.00 bits per heavy atom. The minimum Gasteiger partial charge on any atom is -0.482 e. The van der Waals surface area contributed by atoms with Crippen LogP contribution < -0.4 is 10.1 Å². The predicted molar refractivity (Wildman–Crippen MR) is 84.4 cm³/mol. The Hall–Kier alpha value is -2.03. The van der Waals surface area contributed by atoms with Crippen LogP contribution in [0.4, 0.5) is 5.69 Å². The normalized spacial score (nSPS) is 9.76. The molecule has 2 rings (SSSR count). The van der Waals surface area contributed by atoms with Crippen molar-refractivity contribution in [2.75, 3.05) is 11.9 Å². The third-order valence-electron chi connectivity index (χ3n) is 2.55. The molecule has 2 aromatic carbocycles. The third-order valence-corrected chi connectivity index (χ3v) is 3.31. The minimum absolute atomic E-state index is 0.203. The largest absolute Gasteiger partial charge is 0.482 e. The van der Waals surface area contributed by atoms with E-state index < -0.39 is 0 Å². The van der Waals surface area contributed by atoms with Crippen molar-refractivity contribution in [3.63, 3.8) is 0 Å². The molecule has 0 atom stereocenters. The lowest BCUT2D eigenvalue weighted by Gasteiger charge is -2.09. The Bertz CT molecular complexity index is 696. The number of carbonyl (C=O) groups excluding carboxylic acids is 1. The molecule has 0 spiro atoms. The summed E-state index contributed by atoms with van der Waals surface area (Å²) in [4.78, 5) is 11.8. The van der Waals surface area contributed by atoms with Crippen LogP contribution in [0.25, 0.3) is 0 Å². The molecule has 0 fully saturated rings. The van der Waals surface area contributed by atoms with E-state index in [-0.39, 0.29) is 18.3 Å². The highest BCUT2D eigenvalue weighted by atomic mass is 79.9. The smallest absolute Gasteiger partial charge is 0.262 e. The van der Waals surface area contributed by atoms with Crippen molar-refractivity contribution in [1.29, 1.82) is 5.26 Å². The molecular weight excluding hydrogens is 356 g/mol. The van der Waals surface area contributed by atoms with Crippen LogP contribution in [0, 0.1) is 11.3 Å². The molecule has 0 saturated carbocycles. The molecule has 0 bridgehead atoms. The summed E-state index contributed by atoms with van der Waals surface area (Å²) >= 11 is 9.15. The number of carbonyl (C=O) groups is 1. The molecule has 0 aliphatic rings. The summed E-state index contributed by atoms with van der Waals surface area (Å²) < 4.78 is 6.26. The number of amides is 1. The second kappa shape index (κ2) is 7.11. The number of hydrogen-bond acceptors (Lipinski definition) is 3. The zero-order chi connectivity index (χ0) is 15.2. The summed E-state index contributed by atoms with van der Waals surface area (Å²) in [6.07, 6.45) is 0. The molecule has 4 nitrogen and oxygen atoms in total. The van der Waals surface area contributed by atoms with Crippen LogP contribution in [-0.4, -0.2) is 12.5 Å². The average molecular weight is 366 g/mol. The van der Waals surface area contributed by atoms with Gasteiger partial charge in [-0.15, -0.1) is 0 Å². The van der Waals surface area contributed by atoms with Crippen LogP contribution in [0.5, 0.6) is 5.75 Å². The van der Waals surface area contributed by atoms with Gasteiger partial charge in [0.05, 0.1) is 5.56 Å². The summed E-state index contributed by atoms with van der Waals surface area (Å²) in [5, 5.41) is 12.1. The van der Waals surface area contributed by atoms with Crippen molar-refractivity contribution >= 4 is 39.1 Å². The molecule has 0 unspecified atom stereocenters. The second-order valence-electron chi connectivity index (χ2n) is 4.10. The zero-order valence-electron chi connectivity index (χ0n) is 10.8. The molecule has 0 aliphatic heterocycles. The van der Waals surface area contributed by atoms with E-state index in [1.54, 1.807) is 24.3 Å². The SMILES string of the molecule is N#Cc1ccc(Cl)cc1OCC(=O)Nc1ccc(Br)cc1. The summed E-state index contributed by atoms with van der Waals surface area (Å²) in [6, 6.07) is 13.8. The van der Waals surface area contributed by atoms with E-state index in [4.69, 9.17) is 21.6 Å². The Morgan fingerprint density at radius 1 is 1.29 bits per heavy atom. The molecule has 2 aromatic rings. The Labute approximate surface area is 135 Å². The van der Waals surface area contributed by atoms with Crippen LogP contribution in [0.1, 0.15) is 5.56 Å². The maximum atomic E-state index is 11.8. The number of ether oxygens (including phenoxy) is 1. The lowest BCUT2D eigenvalue weighted by Crippen LogP contribution is -2.20. The number of anilines is 1. The van der Waals surface area contributed by atoms with Crippen molar-refractivity contribution in [1.82, 2.24) is 0 Å². The number of nitrogens with zero attached hydrogens (tertiary/aromatic N) is 1. The van der Waals surface area contributed by atoms with Gasteiger partial charge in [-0.05, 0) is 36.4 Å². The van der Waals surface area contributed by atoms with Crippen LogP contribution >= 0.6 is 27.5 Å². The highest BCUT2D eigenvalue weighted by Gasteiger charge is 2.08. The van der Waals surface area contributed by atoms with Crippen molar-refractivity contribution in [2.24, 2.45) is 0 Å². The molecule has 21 heavy (non-hydrogen) atoms. The molecule has 6 heteroatoms. The first-order valence-electron chi connectivity index (χ1n) is 5.96. The van der Waals surface area contributed by atoms with E-state index in [9.17, 15) is 4.79 Å². The molecule has 0 saturated heterocycles. The maximum absolute atomic E-state index is 11.8. The fourth-order valence-electron chi connectivity index (χ4n) is 1.58. The molecule has 106 valence electrons. The van der Waals surface area contributed by atoms with Gasteiger partial charge in [0.25, 0.3) is 5.91 Å². The number of hydrogen-bond donors (Lipinski definition) is 1. The van der Waals surface area contributed by atoms with E-state index >= 15 is 0 Å². The molecule has 1 N–H and O–H groups in total. The number of benzene rings is 2. The topological polar surface area (TPSA) is 62.1 Å². The van der Waals surface area contributed by atoms with Gasteiger partial charge in [0.2, 0.25) is 0 Å². The lowest BCUT2D eigenvalue weighted by atomic mass is 10.2. The van der Waals surface area contributed by atoms with Gasteiger partial charge in [0.1, 0.15) is 11.8 Å². The van der Waals surface area contributed by atoms with Gasteiger partial charge in [-0.2, -0.15) is 5.26 Å². The first-order valence-corrected chi connectivity index (χ1v) is 7.13. The quantitative estimate of drug-likeness (QED) is 0.891. The Kier molecular flexibility index (Phi) is 5.20. The van der Waals surface area contributed by atoms with Crippen molar-refractivity contribution in [3.05, 3.63) is 57.5 Å². The summed E-state index contributed by atoms with van der Waals surface area (Å²) in [5.41, 5.74) is 0.995. The van der Waals surface area contributed by atoms with Crippen LogP contribution in [-0.2, 0) is 4.79 Å². The van der Waals surface area contributed by atoms with E-state index in [0.717, 1.165) is 4.47 Å². The van der Waals surface area contributed by atoms with Gasteiger partial charge in [-0.25, -0.2) is 0 Å². The molecule has 1 amide bonds. The van der Waals surface area contributed by atoms with E-state index in [1.165, 1.54) is 6.07 Å². The van der Waals surface area contributed by atoms with Gasteiger partial charge in [-0.1, -0.05) is 27.5 Å². The number of nitrogens with one attached hydrogen (secondary N) is 1. The van der Waals surface area contributed by atoms with E-state index in [0.29, 0.717) is 16.3 Å². The van der Waals surface area contributed by atoms with Crippen LogP contribution in [0.15, 0.2) is 46.9 Å². The Balaban J connectivity index is 1.97. The predicted octanol–water partition coefficient (Wildman–Crippen LogP) is 3.99. The van der Waals surface area contributed by atoms with E-state index in [1.807, 2.05) is 18.2 Å². The molecule has 0 aromatic heterocycles. The fourth-order valence-corrected chi connectivity index (χ4v) is 2.01. The summed E-state index contributed by atoms with van der Waals surface area (Å²) in [7, 11) is 0. The summed E-state index contributed by atoms with van der Waals surface area (Å²) in [5.74, 6) is -0.0304. The first-order chi connectivity index (χ1) is 10.1. The van der Waals surface area contributed by atoms with Crippen molar-refractivity contribution in [3.8, 4) is 11.8 Å². The highest BCUT2D eigenvalue weighted by molar-refractivity contribution is 9.10. The van der Waals surface area contributed by atoms with Crippen LogP contribution in [0.3, 0.4) is 0 Å². The number of halogens is 2. The van der Waals surface area contributed by atoms with Gasteiger partial charge in [0.15, 0.2) is 6.61 Å². The molecular formula is C15H10BrClN2O2. The van der Waals surface area contributed by atoms with Crippen LogP contribution in [0.2, 0.25) is 5.02 Å². The second-order valence-corrected chi connectivity index (χ2v) is 5.45. The zero-order valence-corrected chi connectivity index (χ0v) is 13.1. The number of nitriles is 1. The minimum atomic E-state index is -0.318. The maximum Gasteiger partial charge on any atom is 0.262 e. The van der Waals surface area contributed by atoms with Gasteiger partial charge < -0.3 is 10.1 Å². The van der Waals surface area contributed by atoms with Gasteiger partial charge >= 0.3 is 0 Å². The van der Waals surface area contributed by atoms with Gasteiger partial charge in [-0.3, -0.25) is 4.79 Å². The molecule has 0 radical (unpaired) electrons. The van der Waals surface area contributed by atoms with E-state index in [2.05, 4.69) is 21.2 Å². The van der Waals surface area contributed by atoms with Crippen molar-refractivity contribution in [2.45, 2.75) is 0 Å². The van der Waals surface area contributed by atoms with Gasteiger partial charge in [0, 0.05) is 21.2 Å². The Morgan fingerprint density at radius 3 is 2.67 bits per heavy atom. The highest BCUT2D eigenvalue weighted by Crippen LogP contribution is 2.22. The standard InChI is InChI=1S/C15H10BrClN2O2/c16-11-2-5-13(6-3-11)19-15(20)9-21-14-7-12(17)4-1-10(14)8-18/h1-7H,9H2,(H,19,20). The van der Waals surface area contributed by atoms with Crippen molar-refractivity contribution < 1.29 is 9.53 Å². The third kappa shape index (κ3) is 4.48. The average Bonchev–Trinajstić information content (AvgIpc) is 2.48. The number of rotatable bonds is 4. The lowest BCUT2D eigenvalue weighted by molar-refractivity contribution is -0.118. The molecule has 0 heterocycles. The molecule has 0 aliphatic carbocycles. The fraction of sp³-hybridized carbons (Fsp3) is 0.0667. The first kappa shape index (κ1) is 15.4.